The van der Waals surface area contributed by atoms with E-state index in [2.05, 4.69) is 126 Å². The molecule has 0 spiro atoms. The van der Waals surface area contributed by atoms with Crippen LogP contribution >= 0.6 is 45.2 Å². The lowest BCUT2D eigenvalue weighted by molar-refractivity contribution is 0.0273. The van der Waals surface area contributed by atoms with Crippen LogP contribution in [0, 0.1) is 7.40 Å². The van der Waals surface area contributed by atoms with Gasteiger partial charge >= 0.3 is 0 Å². The maximum Gasteiger partial charge on any atom is 0.132 e. The van der Waals surface area contributed by atoms with Crippen LogP contribution in [0.25, 0.3) is 55.2 Å². The lowest BCUT2D eigenvalue weighted by Gasteiger charge is -2.22. The van der Waals surface area contributed by atoms with Crippen molar-refractivity contribution in [1.82, 2.24) is 30.0 Å². The van der Waals surface area contributed by atoms with Crippen LogP contribution in [0.2, 0.25) is 0 Å². The van der Waals surface area contributed by atoms with Crippen molar-refractivity contribution in [3.05, 3.63) is 128 Å². The summed E-state index contributed by atoms with van der Waals surface area (Å²) in [6, 6.07) is 36.9. The third-order valence-corrected chi connectivity index (χ3v) is 12.6. The Kier molecular flexibility index (Phi) is 12.1. The monoisotopic (exact) mass is 1030 g/mol. The summed E-state index contributed by atoms with van der Waals surface area (Å²) in [6.07, 6.45) is 0. The normalized spacial score (nSPS) is 13.9. The standard InChI is InChI=1S/C46H40I2N6O6/c1-55-43-33-25-31-7-3-5-9-37(31)39(43)40-38-10-6-4-8-32(38)26-34(44(40)56-2)28-54-46(48)42(50-52-54)30-13-17-36(18-14-30)60-24-22-58-20-19-57-21-23-59-35-15-11-29(12-16-35)41-45(47)53(27-33)51-49-41/h3-18,25-26H,19-24,27-28H2,1-2H3. The second-order valence-corrected chi connectivity index (χ2v) is 16.1. The van der Waals surface area contributed by atoms with Crippen molar-refractivity contribution >= 4 is 66.7 Å². The van der Waals surface area contributed by atoms with Crippen molar-refractivity contribution in [2.45, 2.75) is 13.1 Å². The fourth-order valence-corrected chi connectivity index (χ4v) is 9.00. The maximum absolute atomic E-state index is 6.43. The molecule has 8 aromatic rings. The van der Waals surface area contributed by atoms with Crippen LogP contribution in [0.4, 0.5) is 0 Å². The number of methoxy groups -OCH3 is 2. The Bertz CT molecular complexity index is 2600. The van der Waals surface area contributed by atoms with Crippen LogP contribution in [-0.4, -0.2) is 83.8 Å². The van der Waals surface area contributed by atoms with E-state index in [1.807, 2.05) is 57.9 Å². The summed E-state index contributed by atoms with van der Waals surface area (Å²) in [4.78, 5) is 0. The molecule has 0 unspecified atom stereocenters. The first kappa shape index (κ1) is 40.1. The van der Waals surface area contributed by atoms with Gasteiger partial charge in [0.1, 0.15) is 55.0 Å². The number of aromatic nitrogens is 6. The van der Waals surface area contributed by atoms with Gasteiger partial charge in [-0.3, -0.25) is 0 Å². The first-order valence-electron chi connectivity index (χ1n) is 19.5. The molecule has 12 rings (SSSR count). The van der Waals surface area contributed by atoms with Gasteiger partial charge in [-0.1, -0.05) is 59.0 Å². The Balaban J connectivity index is 1.17. The third-order valence-electron chi connectivity index (χ3n) is 10.4. The van der Waals surface area contributed by atoms with Crippen molar-refractivity contribution in [3.8, 4) is 56.6 Å². The molecule has 4 aliphatic heterocycles. The SMILES string of the molecule is COc1c2cc3ccccc3c1-c1c(OC)c(cc3ccccc13)Cn1nnc(c1I)-c1ccc(cc1)OCCOCCOCCOc1ccc(cc1)-c1nnn(c1I)C2. The average molecular weight is 1030 g/mol. The molecule has 304 valence electrons. The van der Waals surface area contributed by atoms with Crippen LogP contribution in [-0.2, 0) is 22.6 Å². The fourth-order valence-electron chi connectivity index (χ4n) is 7.63. The number of halogens is 2. The molecule has 12 bridgehead atoms. The highest BCUT2D eigenvalue weighted by molar-refractivity contribution is 14.1. The van der Waals surface area contributed by atoms with Gasteiger partial charge in [-0.2, -0.15) is 0 Å². The molecule has 4 aliphatic rings. The molecule has 60 heavy (non-hydrogen) atoms. The molecule has 6 aromatic carbocycles. The number of rotatable bonds is 2. The number of hydrogen-bond donors (Lipinski definition) is 0. The van der Waals surface area contributed by atoms with Crippen molar-refractivity contribution in [2.75, 3.05) is 53.9 Å². The van der Waals surface area contributed by atoms with E-state index < -0.39 is 0 Å². The van der Waals surface area contributed by atoms with Gasteiger partial charge in [-0.15, -0.1) is 10.2 Å². The van der Waals surface area contributed by atoms with Crippen LogP contribution < -0.4 is 18.9 Å². The Morgan fingerprint density at radius 1 is 0.517 bits per heavy atom. The van der Waals surface area contributed by atoms with Gasteiger partial charge in [0.05, 0.1) is 53.7 Å². The number of fused-ring (bicyclic) bond motifs is 2. The van der Waals surface area contributed by atoms with Crippen LogP contribution in [0.15, 0.2) is 109 Å². The van der Waals surface area contributed by atoms with Crippen molar-refractivity contribution < 1.29 is 28.4 Å². The molecular formula is C46H40I2N6O6. The average Bonchev–Trinajstić information content (AvgIpc) is 3.83. The zero-order valence-electron chi connectivity index (χ0n) is 32.9. The highest BCUT2D eigenvalue weighted by Gasteiger charge is 2.26. The highest BCUT2D eigenvalue weighted by Crippen LogP contribution is 2.49. The smallest absolute Gasteiger partial charge is 0.132 e. The second-order valence-electron chi connectivity index (χ2n) is 14.1. The van der Waals surface area contributed by atoms with E-state index in [1.54, 1.807) is 14.2 Å². The van der Waals surface area contributed by atoms with Gasteiger partial charge in [-0.05, 0) is 127 Å². The maximum atomic E-state index is 6.43. The first-order valence-corrected chi connectivity index (χ1v) is 21.6. The number of benzene rings is 6. The van der Waals surface area contributed by atoms with Gasteiger partial charge in [-0.25, -0.2) is 9.36 Å². The molecule has 0 saturated heterocycles. The molecule has 0 N–H and O–H groups in total. The Labute approximate surface area is 374 Å². The number of hydrogen-bond acceptors (Lipinski definition) is 10. The first-order chi connectivity index (χ1) is 29.5. The zero-order chi connectivity index (χ0) is 41.0. The Hall–Kier alpha value is -5.30. The van der Waals surface area contributed by atoms with Gasteiger partial charge in [0, 0.05) is 33.4 Å². The summed E-state index contributed by atoms with van der Waals surface area (Å²) < 4.78 is 41.8. The van der Waals surface area contributed by atoms with E-state index in [0.717, 1.165) is 96.7 Å². The van der Waals surface area contributed by atoms with Crippen molar-refractivity contribution in [3.63, 3.8) is 0 Å². The molecule has 2 aromatic heterocycles. The van der Waals surface area contributed by atoms with Gasteiger partial charge in [0.25, 0.3) is 0 Å². The van der Waals surface area contributed by atoms with Crippen LogP contribution in [0.5, 0.6) is 23.0 Å². The zero-order valence-corrected chi connectivity index (χ0v) is 37.3. The van der Waals surface area contributed by atoms with E-state index in [4.69, 9.17) is 28.4 Å². The summed E-state index contributed by atoms with van der Waals surface area (Å²) in [5, 5.41) is 22.7. The van der Waals surface area contributed by atoms with Crippen LogP contribution in [0.1, 0.15) is 11.1 Å². The molecule has 0 aliphatic carbocycles. The van der Waals surface area contributed by atoms with E-state index >= 15 is 0 Å². The topological polar surface area (TPSA) is 117 Å². The minimum Gasteiger partial charge on any atom is -0.496 e. The van der Waals surface area contributed by atoms with Crippen molar-refractivity contribution in [2.24, 2.45) is 0 Å². The summed E-state index contributed by atoms with van der Waals surface area (Å²) >= 11 is 4.65. The van der Waals surface area contributed by atoms with Gasteiger partial charge in [0.15, 0.2) is 0 Å². The summed E-state index contributed by atoms with van der Waals surface area (Å²) in [7, 11) is 3.45. The van der Waals surface area contributed by atoms with Gasteiger partial charge in [0.2, 0.25) is 0 Å². The molecule has 6 heterocycles. The van der Waals surface area contributed by atoms with E-state index in [-0.39, 0.29) is 0 Å². The summed E-state index contributed by atoms with van der Waals surface area (Å²) in [5.41, 5.74) is 7.21. The van der Waals surface area contributed by atoms with Crippen molar-refractivity contribution in [1.29, 1.82) is 0 Å². The molecule has 0 saturated carbocycles. The molecule has 0 amide bonds. The summed E-state index contributed by atoms with van der Waals surface area (Å²) in [5.74, 6) is 2.96. The lowest BCUT2D eigenvalue weighted by atomic mass is 9.88. The molecule has 14 heteroatoms. The number of ether oxygens (including phenoxy) is 6. The van der Waals surface area contributed by atoms with Crippen LogP contribution in [0.3, 0.4) is 0 Å². The minimum absolute atomic E-state index is 0.420. The number of nitrogens with zero attached hydrogens (tertiary/aromatic N) is 6. The van der Waals surface area contributed by atoms with E-state index in [1.165, 1.54) is 0 Å². The predicted molar refractivity (Wildman–Crippen MR) is 247 cm³/mol. The summed E-state index contributed by atoms with van der Waals surface area (Å²) in [6.45, 7) is 3.50. The molecule has 12 nitrogen and oxygen atoms in total. The van der Waals surface area contributed by atoms with E-state index in [9.17, 15) is 0 Å². The largest absolute Gasteiger partial charge is 0.496 e. The fraction of sp³-hybridized carbons (Fsp3) is 0.217. The Morgan fingerprint density at radius 2 is 0.917 bits per heavy atom. The lowest BCUT2D eigenvalue weighted by Crippen LogP contribution is -2.13. The molecule has 0 fully saturated rings. The second kappa shape index (κ2) is 18.1. The third kappa shape index (κ3) is 8.12. The van der Waals surface area contributed by atoms with Gasteiger partial charge < -0.3 is 28.4 Å². The molecule has 0 radical (unpaired) electrons. The quantitative estimate of drug-likeness (QED) is 0.155. The highest BCUT2D eigenvalue weighted by atomic mass is 127. The molecular weight excluding hydrogens is 986 g/mol. The Morgan fingerprint density at radius 3 is 1.33 bits per heavy atom. The molecule has 0 atom stereocenters. The minimum atomic E-state index is 0.420. The predicted octanol–water partition coefficient (Wildman–Crippen LogP) is 9.30. The van der Waals surface area contributed by atoms with E-state index in [0.29, 0.717) is 52.7 Å².